The fourth-order valence-corrected chi connectivity index (χ4v) is 5.27. The Morgan fingerprint density at radius 1 is 1.10 bits per heavy atom. The zero-order chi connectivity index (χ0) is 21.4. The van der Waals surface area contributed by atoms with Crippen LogP contribution in [0.5, 0.6) is 0 Å². The molecule has 1 saturated heterocycles. The van der Waals surface area contributed by atoms with Gasteiger partial charge in [0, 0.05) is 36.3 Å². The van der Waals surface area contributed by atoms with E-state index in [1.807, 2.05) is 41.1 Å². The van der Waals surface area contributed by atoms with Crippen molar-refractivity contribution in [2.24, 2.45) is 0 Å². The summed E-state index contributed by atoms with van der Waals surface area (Å²) in [7, 11) is 0. The lowest BCUT2D eigenvalue weighted by atomic mass is 9.99. The quantitative estimate of drug-likeness (QED) is 0.357. The first-order valence-corrected chi connectivity index (χ1v) is 11.0. The standard InChI is InChI=1S/C23H23N5O2S/c29-28(30)18-10-5-9-17(15-18)26-14-6-12-20(26)22-21(19-11-3-4-13-24-19)25-23(31)27(22)16-7-1-2-8-16/h3-6,9-16,21-22H,1-2,7-8H2,(H,25,31)/t21-,22-/m0/s1. The number of nitrogens with one attached hydrogen (secondary N) is 1. The molecule has 2 aliphatic rings. The zero-order valence-corrected chi connectivity index (χ0v) is 17.7. The summed E-state index contributed by atoms with van der Waals surface area (Å²) in [6, 6.07) is 17.0. The molecule has 1 aromatic carbocycles. The second-order valence-corrected chi connectivity index (χ2v) is 8.44. The van der Waals surface area contributed by atoms with E-state index < -0.39 is 0 Å². The maximum absolute atomic E-state index is 11.3. The molecular formula is C23H23N5O2S. The van der Waals surface area contributed by atoms with Crippen LogP contribution in [0.4, 0.5) is 5.69 Å². The van der Waals surface area contributed by atoms with Crippen molar-refractivity contribution in [3.8, 4) is 5.69 Å². The van der Waals surface area contributed by atoms with E-state index in [1.165, 1.54) is 18.9 Å². The van der Waals surface area contributed by atoms with E-state index in [0.717, 1.165) is 35.0 Å². The van der Waals surface area contributed by atoms with Gasteiger partial charge < -0.3 is 14.8 Å². The number of thiocarbonyl (C=S) groups is 1. The highest BCUT2D eigenvalue weighted by Gasteiger charge is 2.44. The molecule has 2 aromatic heterocycles. The minimum atomic E-state index is -0.361. The lowest BCUT2D eigenvalue weighted by Gasteiger charge is -2.33. The Balaban J connectivity index is 1.62. The van der Waals surface area contributed by atoms with Gasteiger partial charge >= 0.3 is 0 Å². The van der Waals surface area contributed by atoms with Crippen LogP contribution >= 0.6 is 12.2 Å². The fourth-order valence-electron chi connectivity index (χ4n) is 4.88. The van der Waals surface area contributed by atoms with Crippen molar-refractivity contribution in [3.63, 3.8) is 0 Å². The molecule has 7 nitrogen and oxygen atoms in total. The van der Waals surface area contributed by atoms with E-state index in [2.05, 4.69) is 21.3 Å². The number of nitrogens with zero attached hydrogens (tertiary/aromatic N) is 4. The van der Waals surface area contributed by atoms with E-state index in [1.54, 1.807) is 18.3 Å². The van der Waals surface area contributed by atoms with E-state index in [-0.39, 0.29) is 22.7 Å². The van der Waals surface area contributed by atoms with E-state index in [0.29, 0.717) is 6.04 Å². The van der Waals surface area contributed by atoms with Gasteiger partial charge in [-0.3, -0.25) is 15.1 Å². The van der Waals surface area contributed by atoms with Crippen LogP contribution in [0.3, 0.4) is 0 Å². The molecule has 3 heterocycles. The number of aromatic nitrogens is 2. The van der Waals surface area contributed by atoms with Gasteiger partial charge in [-0.15, -0.1) is 0 Å². The first-order chi connectivity index (χ1) is 15.1. The lowest BCUT2D eigenvalue weighted by Crippen LogP contribution is -2.38. The van der Waals surface area contributed by atoms with Gasteiger partial charge in [0.05, 0.1) is 28.4 Å². The first-order valence-electron chi connectivity index (χ1n) is 10.6. The van der Waals surface area contributed by atoms with Crippen molar-refractivity contribution in [1.29, 1.82) is 0 Å². The van der Waals surface area contributed by atoms with Crippen LogP contribution in [-0.4, -0.2) is 30.5 Å². The molecule has 1 aliphatic heterocycles. The van der Waals surface area contributed by atoms with Crippen LogP contribution in [0.2, 0.25) is 0 Å². The lowest BCUT2D eigenvalue weighted by molar-refractivity contribution is -0.384. The van der Waals surface area contributed by atoms with Crippen LogP contribution in [-0.2, 0) is 0 Å². The van der Waals surface area contributed by atoms with Gasteiger partial charge in [-0.25, -0.2) is 0 Å². The number of nitro groups is 1. The average Bonchev–Trinajstić information content (AvgIpc) is 3.53. The molecular weight excluding hydrogens is 410 g/mol. The normalized spacial score (nSPS) is 21.4. The number of nitro benzene ring substituents is 1. The second-order valence-electron chi connectivity index (χ2n) is 8.05. The summed E-state index contributed by atoms with van der Waals surface area (Å²) in [5, 5.41) is 15.6. The molecule has 1 N–H and O–H groups in total. The molecule has 31 heavy (non-hydrogen) atoms. The molecule has 0 spiro atoms. The number of hydrogen-bond donors (Lipinski definition) is 1. The summed E-state index contributed by atoms with van der Waals surface area (Å²) >= 11 is 5.81. The summed E-state index contributed by atoms with van der Waals surface area (Å²) in [6.07, 6.45) is 8.40. The summed E-state index contributed by atoms with van der Waals surface area (Å²) in [4.78, 5) is 17.9. The first kappa shape index (κ1) is 19.7. The Kier molecular flexibility index (Phi) is 5.15. The molecule has 2 atom stereocenters. The average molecular weight is 434 g/mol. The molecule has 0 bridgehead atoms. The van der Waals surface area contributed by atoms with E-state index in [4.69, 9.17) is 12.2 Å². The van der Waals surface area contributed by atoms with Gasteiger partial charge in [0.2, 0.25) is 0 Å². The third-order valence-corrected chi connectivity index (χ3v) is 6.58. The molecule has 158 valence electrons. The monoisotopic (exact) mass is 433 g/mol. The molecule has 3 aromatic rings. The van der Waals surface area contributed by atoms with Crippen molar-refractivity contribution < 1.29 is 4.92 Å². The highest BCUT2D eigenvalue weighted by Crippen LogP contribution is 2.43. The van der Waals surface area contributed by atoms with Crippen LogP contribution in [0, 0.1) is 10.1 Å². The van der Waals surface area contributed by atoms with Gasteiger partial charge in [0.15, 0.2) is 5.11 Å². The van der Waals surface area contributed by atoms with E-state index in [9.17, 15) is 10.1 Å². The third kappa shape index (κ3) is 3.57. The van der Waals surface area contributed by atoms with E-state index >= 15 is 0 Å². The summed E-state index contributed by atoms with van der Waals surface area (Å²) in [5.41, 5.74) is 2.81. The Labute approximate surface area is 185 Å². The third-order valence-electron chi connectivity index (χ3n) is 6.26. The van der Waals surface area contributed by atoms with Crippen molar-refractivity contribution in [1.82, 2.24) is 19.8 Å². The SMILES string of the molecule is O=[N+]([O-])c1cccc(-n2cccc2[C@H]2[C@H](c3ccccn3)NC(=S)N2C2CCCC2)c1. The number of benzene rings is 1. The van der Waals surface area contributed by atoms with Gasteiger partial charge in [-0.05, 0) is 55.4 Å². The topological polar surface area (TPSA) is 76.2 Å². The fraction of sp³-hybridized carbons (Fsp3) is 0.304. The number of hydrogen-bond acceptors (Lipinski definition) is 4. The zero-order valence-electron chi connectivity index (χ0n) is 16.9. The Hall–Kier alpha value is -3.26. The summed E-state index contributed by atoms with van der Waals surface area (Å²) in [6.45, 7) is 0. The van der Waals surface area contributed by atoms with Gasteiger partial charge in [-0.2, -0.15) is 0 Å². The van der Waals surface area contributed by atoms with Crippen molar-refractivity contribution >= 4 is 23.0 Å². The van der Waals surface area contributed by atoms with Crippen molar-refractivity contribution in [3.05, 3.63) is 88.5 Å². The molecule has 2 fully saturated rings. The van der Waals surface area contributed by atoms with Crippen molar-refractivity contribution in [2.75, 3.05) is 0 Å². The molecule has 8 heteroatoms. The largest absolute Gasteiger partial charge is 0.352 e. The Bertz CT molecular complexity index is 1110. The van der Waals surface area contributed by atoms with Crippen LogP contribution in [0.15, 0.2) is 67.0 Å². The Morgan fingerprint density at radius 3 is 2.68 bits per heavy atom. The predicted molar refractivity (Wildman–Crippen MR) is 122 cm³/mol. The van der Waals surface area contributed by atoms with Gasteiger partial charge in [0.1, 0.15) is 0 Å². The maximum atomic E-state index is 11.3. The second kappa shape index (κ2) is 8.11. The highest BCUT2D eigenvalue weighted by molar-refractivity contribution is 7.80. The van der Waals surface area contributed by atoms with Crippen molar-refractivity contribution in [2.45, 2.75) is 43.8 Å². The minimum absolute atomic E-state index is 0.0558. The van der Waals surface area contributed by atoms with Crippen LogP contribution in [0.25, 0.3) is 5.69 Å². The smallest absolute Gasteiger partial charge is 0.271 e. The Morgan fingerprint density at radius 2 is 1.94 bits per heavy atom. The summed E-state index contributed by atoms with van der Waals surface area (Å²) in [5.74, 6) is 0. The molecule has 0 radical (unpaired) electrons. The maximum Gasteiger partial charge on any atom is 0.271 e. The number of rotatable bonds is 5. The van der Waals surface area contributed by atoms with Gasteiger partial charge in [0.25, 0.3) is 5.69 Å². The molecule has 1 saturated carbocycles. The van der Waals surface area contributed by atoms with Crippen LogP contribution in [0.1, 0.15) is 49.2 Å². The molecule has 1 aliphatic carbocycles. The molecule has 0 unspecified atom stereocenters. The van der Waals surface area contributed by atoms with Crippen LogP contribution < -0.4 is 5.32 Å². The molecule has 5 rings (SSSR count). The highest BCUT2D eigenvalue weighted by atomic mass is 32.1. The molecule has 0 amide bonds. The number of non-ortho nitro benzene ring substituents is 1. The predicted octanol–water partition coefficient (Wildman–Crippen LogP) is 4.70. The number of pyridine rings is 1. The van der Waals surface area contributed by atoms with Gasteiger partial charge in [-0.1, -0.05) is 25.0 Å². The minimum Gasteiger partial charge on any atom is -0.352 e. The summed E-state index contributed by atoms with van der Waals surface area (Å²) < 4.78 is 2.03.